The summed E-state index contributed by atoms with van der Waals surface area (Å²) in [4.78, 5) is 25.3. The van der Waals surface area contributed by atoms with Gasteiger partial charge >= 0.3 is 0 Å². The van der Waals surface area contributed by atoms with Gasteiger partial charge in [-0.25, -0.2) is 4.98 Å². The molecule has 0 saturated carbocycles. The number of hydrogen-bond donors (Lipinski definition) is 0. The summed E-state index contributed by atoms with van der Waals surface area (Å²) in [7, 11) is 0. The topological polar surface area (TPSA) is 44.6 Å². The van der Waals surface area contributed by atoms with Gasteiger partial charge in [-0.3, -0.25) is 14.3 Å². The Kier molecular flexibility index (Phi) is 7.41. The van der Waals surface area contributed by atoms with Crippen LogP contribution in [-0.4, -0.2) is 64.5 Å². The normalized spacial score (nSPS) is 18.7. The Labute approximate surface area is 236 Å². The third kappa shape index (κ3) is 5.20. The summed E-state index contributed by atoms with van der Waals surface area (Å²) >= 11 is 9.96. The molecule has 0 bridgehead atoms. The van der Waals surface area contributed by atoms with Crippen molar-refractivity contribution in [1.82, 2.24) is 19.4 Å². The first-order valence-corrected chi connectivity index (χ1v) is 14.5. The number of likely N-dealkylation sites (tertiary alicyclic amines) is 1. The van der Waals surface area contributed by atoms with Crippen molar-refractivity contribution in [3.05, 3.63) is 88.1 Å². The molecule has 3 aromatic carbocycles. The number of hydrogen-bond acceptors (Lipinski definition) is 4. The highest BCUT2D eigenvalue weighted by atomic mass is 79.9. The molecule has 0 unspecified atom stereocenters. The number of para-hydroxylation sites is 3. The summed E-state index contributed by atoms with van der Waals surface area (Å²) in [5.41, 5.74) is 4.24. The number of fused-ring (bicyclic) bond motifs is 1. The van der Waals surface area contributed by atoms with E-state index in [4.69, 9.17) is 16.6 Å². The molecule has 6 nitrogen and oxygen atoms in total. The van der Waals surface area contributed by atoms with E-state index in [0.717, 1.165) is 96.4 Å². The third-order valence-corrected chi connectivity index (χ3v) is 8.57. The first-order chi connectivity index (χ1) is 18.6. The molecule has 2 saturated heterocycles. The minimum Gasteiger partial charge on any atom is -0.367 e. The van der Waals surface area contributed by atoms with Crippen LogP contribution in [0.4, 0.5) is 5.69 Å². The Bertz CT molecular complexity index is 1430. The summed E-state index contributed by atoms with van der Waals surface area (Å²) in [6.45, 7) is 5.56. The molecular weight excluding hydrogens is 562 g/mol. The highest BCUT2D eigenvalue weighted by Gasteiger charge is 2.32. The molecule has 0 radical (unpaired) electrons. The summed E-state index contributed by atoms with van der Waals surface area (Å²) in [5, 5.41) is 0.768. The number of piperazine rings is 1. The maximum Gasteiger partial charge on any atom is 0.227 e. The number of piperidine rings is 1. The van der Waals surface area contributed by atoms with E-state index in [9.17, 15) is 4.79 Å². The van der Waals surface area contributed by atoms with E-state index >= 15 is 0 Å². The van der Waals surface area contributed by atoms with Crippen molar-refractivity contribution in [2.24, 2.45) is 5.92 Å². The highest BCUT2D eigenvalue weighted by Crippen LogP contribution is 2.28. The Balaban J connectivity index is 1.14. The lowest BCUT2D eigenvalue weighted by Crippen LogP contribution is -2.52. The fourth-order valence-corrected chi connectivity index (χ4v) is 6.31. The van der Waals surface area contributed by atoms with Crippen LogP contribution in [0.15, 0.2) is 77.3 Å². The van der Waals surface area contributed by atoms with E-state index < -0.39 is 0 Å². The predicted octanol–water partition coefficient (Wildman–Crippen LogP) is 6.00. The molecule has 2 fully saturated rings. The van der Waals surface area contributed by atoms with Gasteiger partial charge in [0.25, 0.3) is 0 Å². The van der Waals surface area contributed by atoms with Crippen LogP contribution < -0.4 is 4.90 Å². The average Bonchev–Trinajstić information content (AvgIpc) is 3.31. The third-order valence-electron chi connectivity index (χ3n) is 7.72. The van der Waals surface area contributed by atoms with E-state index in [0.29, 0.717) is 0 Å². The predicted molar refractivity (Wildman–Crippen MR) is 157 cm³/mol. The molecule has 4 aromatic rings. The van der Waals surface area contributed by atoms with Crippen LogP contribution in [0.3, 0.4) is 0 Å². The number of halogens is 2. The van der Waals surface area contributed by atoms with E-state index in [1.54, 1.807) is 0 Å². The number of amides is 1. The van der Waals surface area contributed by atoms with E-state index in [1.807, 2.05) is 24.3 Å². The Hall–Kier alpha value is -2.87. The lowest BCUT2D eigenvalue weighted by atomic mass is 9.96. The summed E-state index contributed by atoms with van der Waals surface area (Å²) < 4.78 is 3.30. The maximum absolute atomic E-state index is 13.6. The SMILES string of the molecule is O=C([C@H]1CCCN(Cc2nc3ccccc3n2-c2ccc(Br)cc2)C1)N1CCN(c2ccccc2Cl)CC1. The second-order valence-corrected chi connectivity index (χ2v) is 11.5. The average molecular weight is 593 g/mol. The molecule has 2 aliphatic heterocycles. The quantitative estimate of drug-likeness (QED) is 0.285. The minimum atomic E-state index is 0.0288. The van der Waals surface area contributed by atoms with Crippen LogP contribution in [-0.2, 0) is 11.3 Å². The van der Waals surface area contributed by atoms with Crippen molar-refractivity contribution >= 4 is 50.2 Å². The zero-order valence-electron chi connectivity index (χ0n) is 21.3. The van der Waals surface area contributed by atoms with Gasteiger partial charge in [-0.15, -0.1) is 0 Å². The van der Waals surface area contributed by atoms with E-state index in [1.165, 1.54) is 0 Å². The zero-order chi connectivity index (χ0) is 26.1. The molecule has 1 amide bonds. The molecular formula is C30H31BrClN5O. The first-order valence-electron chi connectivity index (χ1n) is 13.3. The number of rotatable bonds is 5. The van der Waals surface area contributed by atoms with Crippen molar-refractivity contribution in [1.29, 1.82) is 0 Å². The molecule has 196 valence electrons. The first kappa shape index (κ1) is 25.4. The van der Waals surface area contributed by atoms with Gasteiger partial charge in [0.2, 0.25) is 5.91 Å². The molecule has 1 aromatic heterocycles. The standard InChI is InChI=1S/C30H31BrClN5O/c31-23-11-13-24(14-12-23)37-28-10-4-2-8-26(28)33-29(37)21-34-15-5-6-22(20-34)30(38)36-18-16-35(17-19-36)27-9-3-1-7-25(27)32/h1-4,7-14,22H,5-6,15-21H2/t22-/m0/s1. The number of benzene rings is 3. The van der Waals surface area contributed by atoms with Gasteiger partial charge < -0.3 is 9.80 Å². The van der Waals surface area contributed by atoms with Gasteiger partial charge in [0.1, 0.15) is 5.82 Å². The largest absolute Gasteiger partial charge is 0.367 e. The zero-order valence-corrected chi connectivity index (χ0v) is 23.6. The smallest absolute Gasteiger partial charge is 0.227 e. The number of nitrogens with zero attached hydrogens (tertiary/aromatic N) is 5. The van der Waals surface area contributed by atoms with E-state index in [-0.39, 0.29) is 11.8 Å². The molecule has 0 spiro atoms. The highest BCUT2D eigenvalue weighted by molar-refractivity contribution is 9.10. The Morgan fingerprint density at radius 2 is 1.66 bits per heavy atom. The van der Waals surface area contributed by atoms with Crippen molar-refractivity contribution in [3.63, 3.8) is 0 Å². The molecule has 6 rings (SSSR count). The number of anilines is 1. The number of carbonyl (C=O) groups excluding carboxylic acids is 1. The molecule has 0 aliphatic carbocycles. The molecule has 0 N–H and O–H groups in total. The van der Waals surface area contributed by atoms with Crippen molar-refractivity contribution in [3.8, 4) is 5.69 Å². The van der Waals surface area contributed by atoms with Crippen LogP contribution in [0.25, 0.3) is 16.7 Å². The molecule has 8 heteroatoms. The second-order valence-electron chi connectivity index (χ2n) is 10.2. The Morgan fingerprint density at radius 1 is 0.921 bits per heavy atom. The monoisotopic (exact) mass is 591 g/mol. The van der Waals surface area contributed by atoms with Crippen molar-refractivity contribution in [2.45, 2.75) is 19.4 Å². The van der Waals surface area contributed by atoms with Gasteiger partial charge in [0.05, 0.1) is 34.2 Å². The lowest BCUT2D eigenvalue weighted by Gasteiger charge is -2.40. The molecule has 3 heterocycles. The van der Waals surface area contributed by atoms with Crippen LogP contribution >= 0.6 is 27.5 Å². The summed E-state index contributed by atoms with van der Waals surface area (Å²) in [6.07, 6.45) is 1.97. The van der Waals surface area contributed by atoms with Crippen LogP contribution in [0, 0.1) is 5.92 Å². The van der Waals surface area contributed by atoms with Gasteiger partial charge in [0, 0.05) is 42.9 Å². The van der Waals surface area contributed by atoms with Gasteiger partial charge in [-0.05, 0) is 67.9 Å². The van der Waals surface area contributed by atoms with E-state index in [2.05, 4.69) is 83.7 Å². The fraction of sp³-hybridized carbons (Fsp3) is 0.333. The molecule has 1 atom stereocenters. The maximum atomic E-state index is 13.6. The number of imidazole rings is 1. The van der Waals surface area contributed by atoms with Crippen molar-refractivity contribution in [2.75, 3.05) is 44.2 Å². The summed E-state index contributed by atoms with van der Waals surface area (Å²) in [6, 6.07) is 24.6. The molecule has 38 heavy (non-hydrogen) atoms. The van der Waals surface area contributed by atoms with Crippen LogP contribution in [0.1, 0.15) is 18.7 Å². The Morgan fingerprint density at radius 3 is 2.45 bits per heavy atom. The second kappa shape index (κ2) is 11.1. The van der Waals surface area contributed by atoms with Gasteiger partial charge in [0.15, 0.2) is 0 Å². The molecule has 2 aliphatic rings. The van der Waals surface area contributed by atoms with Crippen LogP contribution in [0.2, 0.25) is 5.02 Å². The summed E-state index contributed by atoms with van der Waals surface area (Å²) in [5.74, 6) is 1.33. The fourth-order valence-electron chi connectivity index (χ4n) is 5.80. The van der Waals surface area contributed by atoms with Gasteiger partial charge in [-0.2, -0.15) is 0 Å². The number of carbonyl (C=O) groups is 1. The lowest BCUT2D eigenvalue weighted by molar-refractivity contribution is -0.137. The minimum absolute atomic E-state index is 0.0288. The van der Waals surface area contributed by atoms with Gasteiger partial charge in [-0.1, -0.05) is 51.8 Å². The van der Waals surface area contributed by atoms with Crippen molar-refractivity contribution < 1.29 is 4.79 Å². The van der Waals surface area contributed by atoms with Crippen LogP contribution in [0.5, 0.6) is 0 Å². The number of aromatic nitrogens is 2.